The fourth-order valence-corrected chi connectivity index (χ4v) is 2.75. The number of nitrogens with one attached hydrogen (secondary N) is 2. The third kappa shape index (κ3) is 7.29. The van der Waals surface area contributed by atoms with E-state index in [0.29, 0.717) is 11.5 Å². The SMILES string of the molecule is CN=C(NCCCCN1CCCC1)NCc1cc(F)ccc1F.I. The second-order valence-corrected chi connectivity index (χ2v) is 5.84. The summed E-state index contributed by atoms with van der Waals surface area (Å²) >= 11 is 0. The predicted molar refractivity (Wildman–Crippen MR) is 105 cm³/mol. The molecule has 7 heteroatoms. The first kappa shape index (κ1) is 21.1. The second-order valence-electron chi connectivity index (χ2n) is 5.84. The van der Waals surface area contributed by atoms with Crippen molar-refractivity contribution in [2.75, 3.05) is 33.2 Å². The number of halogens is 3. The van der Waals surface area contributed by atoms with Gasteiger partial charge in [0.25, 0.3) is 0 Å². The number of hydrogen-bond donors (Lipinski definition) is 2. The van der Waals surface area contributed by atoms with Crippen LogP contribution in [-0.2, 0) is 6.54 Å². The molecule has 0 saturated carbocycles. The zero-order valence-electron chi connectivity index (χ0n) is 14.2. The first-order valence-electron chi connectivity index (χ1n) is 8.30. The van der Waals surface area contributed by atoms with Crippen LogP contribution in [0.25, 0.3) is 0 Å². The van der Waals surface area contributed by atoms with Gasteiger partial charge < -0.3 is 15.5 Å². The Bertz CT molecular complexity index is 519. The van der Waals surface area contributed by atoms with Crippen molar-refractivity contribution in [3.63, 3.8) is 0 Å². The molecule has 1 saturated heterocycles. The van der Waals surface area contributed by atoms with Crippen molar-refractivity contribution < 1.29 is 8.78 Å². The highest BCUT2D eigenvalue weighted by Crippen LogP contribution is 2.09. The molecule has 1 aliphatic heterocycles. The fourth-order valence-electron chi connectivity index (χ4n) is 2.75. The van der Waals surface area contributed by atoms with Crippen molar-refractivity contribution in [2.45, 2.75) is 32.2 Å². The molecule has 1 fully saturated rings. The number of unbranched alkanes of at least 4 members (excludes halogenated alkanes) is 1. The lowest BCUT2D eigenvalue weighted by atomic mass is 10.2. The van der Waals surface area contributed by atoms with Gasteiger partial charge in [-0.2, -0.15) is 0 Å². The molecule has 0 atom stereocenters. The van der Waals surface area contributed by atoms with Crippen LogP contribution in [-0.4, -0.2) is 44.1 Å². The highest BCUT2D eigenvalue weighted by molar-refractivity contribution is 14.0. The maximum Gasteiger partial charge on any atom is 0.191 e. The molecule has 2 N–H and O–H groups in total. The average molecular weight is 452 g/mol. The maximum atomic E-state index is 13.6. The number of nitrogens with zero attached hydrogens (tertiary/aromatic N) is 2. The lowest BCUT2D eigenvalue weighted by Crippen LogP contribution is -2.37. The molecular formula is C17H27F2IN4. The van der Waals surface area contributed by atoms with Gasteiger partial charge in [-0.3, -0.25) is 4.99 Å². The Labute approximate surface area is 160 Å². The lowest BCUT2D eigenvalue weighted by Gasteiger charge is -2.15. The zero-order valence-corrected chi connectivity index (χ0v) is 16.5. The predicted octanol–water partition coefficient (Wildman–Crippen LogP) is 3.12. The van der Waals surface area contributed by atoms with E-state index in [4.69, 9.17) is 0 Å². The van der Waals surface area contributed by atoms with Crippen molar-refractivity contribution in [2.24, 2.45) is 4.99 Å². The van der Waals surface area contributed by atoms with Gasteiger partial charge in [-0.25, -0.2) is 8.78 Å². The van der Waals surface area contributed by atoms with Crippen molar-refractivity contribution >= 4 is 29.9 Å². The highest BCUT2D eigenvalue weighted by Gasteiger charge is 2.10. The van der Waals surface area contributed by atoms with E-state index in [2.05, 4.69) is 20.5 Å². The van der Waals surface area contributed by atoms with E-state index in [-0.39, 0.29) is 30.5 Å². The molecule has 136 valence electrons. The molecule has 1 aromatic rings. The molecule has 0 spiro atoms. The van der Waals surface area contributed by atoms with Crippen molar-refractivity contribution in [3.05, 3.63) is 35.4 Å². The molecule has 1 aromatic carbocycles. The first-order chi connectivity index (χ1) is 11.2. The molecule has 0 amide bonds. The molecule has 0 radical (unpaired) electrons. The Morgan fingerprint density at radius 2 is 1.92 bits per heavy atom. The van der Waals surface area contributed by atoms with Gasteiger partial charge in [0.05, 0.1) is 0 Å². The smallest absolute Gasteiger partial charge is 0.191 e. The number of hydrogen-bond acceptors (Lipinski definition) is 2. The molecule has 2 rings (SSSR count). The molecule has 1 heterocycles. The minimum absolute atomic E-state index is 0. The van der Waals surface area contributed by atoms with E-state index in [1.807, 2.05) is 0 Å². The van der Waals surface area contributed by atoms with E-state index < -0.39 is 11.6 Å². The Morgan fingerprint density at radius 1 is 1.17 bits per heavy atom. The molecular weight excluding hydrogens is 425 g/mol. The van der Waals surface area contributed by atoms with Gasteiger partial charge >= 0.3 is 0 Å². The summed E-state index contributed by atoms with van der Waals surface area (Å²) in [6.07, 6.45) is 4.87. The molecule has 0 unspecified atom stereocenters. The molecule has 0 aliphatic carbocycles. The topological polar surface area (TPSA) is 39.7 Å². The number of benzene rings is 1. The van der Waals surface area contributed by atoms with Crippen molar-refractivity contribution in [3.8, 4) is 0 Å². The largest absolute Gasteiger partial charge is 0.356 e. The van der Waals surface area contributed by atoms with Crippen LogP contribution in [0.5, 0.6) is 0 Å². The summed E-state index contributed by atoms with van der Waals surface area (Å²) in [7, 11) is 1.67. The standard InChI is InChI=1S/C17H26F2N4.HI/c1-20-17(21-8-2-3-9-23-10-4-5-11-23)22-13-14-12-15(18)6-7-16(14)19;/h6-7,12H,2-5,8-11,13H2,1H3,(H2,20,21,22);1H. The summed E-state index contributed by atoms with van der Waals surface area (Å²) in [4.78, 5) is 6.60. The van der Waals surface area contributed by atoms with Crippen molar-refractivity contribution in [1.29, 1.82) is 0 Å². The average Bonchev–Trinajstić information content (AvgIpc) is 3.06. The normalized spacial score (nSPS) is 15.2. The summed E-state index contributed by atoms with van der Waals surface area (Å²) < 4.78 is 26.7. The minimum atomic E-state index is -0.437. The molecule has 24 heavy (non-hydrogen) atoms. The van der Waals surface area contributed by atoms with E-state index in [1.165, 1.54) is 32.0 Å². The summed E-state index contributed by atoms with van der Waals surface area (Å²) in [6, 6.07) is 3.46. The number of likely N-dealkylation sites (tertiary alicyclic amines) is 1. The van der Waals surface area contributed by atoms with E-state index in [1.54, 1.807) is 7.05 Å². The van der Waals surface area contributed by atoms with Crippen LogP contribution in [0.1, 0.15) is 31.2 Å². The van der Waals surface area contributed by atoms with Gasteiger partial charge in [0.1, 0.15) is 11.6 Å². The van der Waals surface area contributed by atoms with Crippen LogP contribution < -0.4 is 10.6 Å². The van der Waals surface area contributed by atoms with E-state index in [9.17, 15) is 8.78 Å². The Morgan fingerprint density at radius 3 is 2.62 bits per heavy atom. The minimum Gasteiger partial charge on any atom is -0.356 e. The number of guanidine groups is 1. The monoisotopic (exact) mass is 452 g/mol. The summed E-state index contributed by atoms with van der Waals surface area (Å²) in [6.45, 7) is 4.64. The number of rotatable bonds is 7. The van der Waals surface area contributed by atoms with E-state index >= 15 is 0 Å². The van der Waals surface area contributed by atoms with Crippen LogP contribution in [0.4, 0.5) is 8.78 Å². The Hall–Kier alpha value is -0.960. The fraction of sp³-hybridized carbons (Fsp3) is 0.588. The van der Waals surface area contributed by atoms with Crippen molar-refractivity contribution in [1.82, 2.24) is 15.5 Å². The lowest BCUT2D eigenvalue weighted by molar-refractivity contribution is 0.330. The van der Waals surface area contributed by atoms with E-state index in [0.717, 1.165) is 38.1 Å². The quantitative estimate of drug-likeness (QED) is 0.289. The summed E-state index contributed by atoms with van der Waals surface area (Å²) in [5.74, 6) is -0.247. The van der Waals surface area contributed by atoms with Crippen LogP contribution in [0.3, 0.4) is 0 Å². The van der Waals surface area contributed by atoms with Crippen LogP contribution in [0.2, 0.25) is 0 Å². The van der Waals surface area contributed by atoms with Gasteiger partial charge in [-0.15, -0.1) is 24.0 Å². The van der Waals surface area contributed by atoms with Crippen LogP contribution >= 0.6 is 24.0 Å². The van der Waals surface area contributed by atoms with Crippen LogP contribution in [0, 0.1) is 11.6 Å². The van der Waals surface area contributed by atoms with Gasteiger partial charge in [-0.1, -0.05) is 0 Å². The second kappa shape index (κ2) is 11.6. The zero-order chi connectivity index (χ0) is 16.5. The molecule has 4 nitrogen and oxygen atoms in total. The number of aliphatic imine (C=N–C) groups is 1. The maximum absolute atomic E-state index is 13.6. The summed E-state index contributed by atoms with van der Waals surface area (Å²) in [5, 5.41) is 6.21. The highest BCUT2D eigenvalue weighted by atomic mass is 127. The molecule has 0 aromatic heterocycles. The first-order valence-corrected chi connectivity index (χ1v) is 8.30. The van der Waals surface area contributed by atoms with Gasteiger partial charge in [0, 0.05) is 25.7 Å². The Balaban J connectivity index is 0.00000288. The molecule has 0 bridgehead atoms. The molecule has 1 aliphatic rings. The van der Waals surface area contributed by atoms with Gasteiger partial charge in [0.2, 0.25) is 0 Å². The van der Waals surface area contributed by atoms with Crippen LogP contribution in [0.15, 0.2) is 23.2 Å². The third-order valence-corrected chi connectivity index (χ3v) is 4.07. The van der Waals surface area contributed by atoms with Gasteiger partial charge in [-0.05, 0) is 63.5 Å². The van der Waals surface area contributed by atoms with Gasteiger partial charge in [0.15, 0.2) is 5.96 Å². The Kier molecular flexibility index (Phi) is 10.2. The third-order valence-electron chi connectivity index (χ3n) is 4.07. The summed E-state index contributed by atoms with van der Waals surface area (Å²) in [5.41, 5.74) is 0.294.